The Morgan fingerprint density at radius 3 is 2.29 bits per heavy atom. The molecule has 0 radical (unpaired) electrons. The molecule has 3 aromatic rings. The number of aromatic nitrogens is 2. The summed E-state index contributed by atoms with van der Waals surface area (Å²) in [4.78, 5) is 20.6. The molecule has 0 saturated heterocycles. The molecule has 0 fully saturated rings. The van der Waals surface area contributed by atoms with E-state index in [1.165, 1.54) is 12.4 Å². The van der Waals surface area contributed by atoms with Gasteiger partial charge in [0.15, 0.2) is 11.5 Å². The van der Waals surface area contributed by atoms with Crippen LogP contribution in [-0.2, 0) is 0 Å². The first-order valence-corrected chi connectivity index (χ1v) is 8.25. The predicted molar refractivity (Wildman–Crippen MR) is 104 cm³/mol. The third-order valence-electron chi connectivity index (χ3n) is 3.81. The lowest BCUT2D eigenvalue weighted by Gasteiger charge is -2.11. The van der Waals surface area contributed by atoms with Crippen LogP contribution < -0.4 is 20.1 Å². The zero-order valence-corrected chi connectivity index (χ0v) is 15.3. The molecule has 1 amide bonds. The molecule has 0 saturated carbocycles. The van der Waals surface area contributed by atoms with Gasteiger partial charge in [-0.2, -0.15) is 5.26 Å². The molecule has 0 atom stereocenters. The minimum atomic E-state index is -0.394. The molecule has 0 bridgehead atoms. The van der Waals surface area contributed by atoms with Crippen molar-refractivity contribution in [1.29, 1.82) is 5.26 Å². The van der Waals surface area contributed by atoms with E-state index in [2.05, 4.69) is 20.6 Å². The number of hydrogen-bond acceptors (Lipinski definition) is 7. The first kappa shape index (κ1) is 18.7. The summed E-state index contributed by atoms with van der Waals surface area (Å²) in [5, 5.41) is 14.6. The van der Waals surface area contributed by atoms with Gasteiger partial charge in [-0.05, 0) is 36.4 Å². The van der Waals surface area contributed by atoms with Crippen LogP contribution in [0.1, 0.15) is 16.1 Å². The number of benzene rings is 2. The Morgan fingerprint density at radius 2 is 1.68 bits per heavy atom. The topological polar surface area (TPSA) is 109 Å². The van der Waals surface area contributed by atoms with Crippen LogP contribution in [0.25, 0.3) is 0 Å². The molecular weight excluding hydrogens is 358 g/mol. The molecule has 8 nitrogen and oxygen atoms in total. The molecule has 0 aliphatic carbocycles. The Bertz CT molecular complexity index is 1010. The fourth-order valence-electron chi connectivity index (χ4n) is 2.39. The minimum absolute atomic E-state index is 0.169. The van der Waals surface area contributed by atoms with Gasteiger partial charge in [0, 0.05) is 17.4 Å². The summed E-state index contributed by atoms with van der Waals surface area (Å²) < 4.78 is 10.5. The summed E-state index contributed by atoms with van der Waals surface area (Å²) in [5.74, 6) is 1.28. The van der Waals surface area contributed by atoms with Gasteiger partial charge in [-0.1, -0.05) is 0 Å². The number of anilines is 3. The summed E-state index contributed by atoms with van der Waals surface area (Å²) in [6.07, 6.45) is 2.84. The van der Waals surface area contributed by atoms with Crippen LogP contribution in [0.5, 0.6) is 11.5 Å². The third kappa shape index (κ3) is 4.34. The number of ether oxygens (including phenoxy) is 2. The fourth-order valence-corrected chi connectivity index (χ4v) is 2.39. The van der Waals surface area contributed by atoms with Crippen molar-refractivity contribution in [3.8, 4) is 17.6 Å². The van der Waals surface area contributed by atoms with Gasteiger partial charge in [-0.15, -0.1) is 0 Å². The maximum Gasteiger partial charge on any atom is 0.275 e. The summed E-state index contributed by atoms with van der Waals surface area (Å²) in [6, 6.07) is 13.9. The van der Waals surface area contributed by atoms with Crippen molar-refractivity contribution >= 4 is 23.1 Å². The number of carbonyl (C=O) groups is 1. The second-order valence-electron chi connectivity index (χ2n) is 5.62. The number of nitrogens with one attached hydrogen (secondary N) is 2. The molecule has 0 aliphatic rings. The lowest BCUT2D eigenvalue weighted by molar-refractivity contribution is 0.102. The van der Waals surface area contributed by atoms with Gasteiger partial charge >= 0.3 is 0 Å². The van der Waals surface area contributed by atoms with E-state index in [0.29, 0.717) is 28.6 Å². The van der Waals surface area contributed by atoms with Crippen molar-refractivity contribution in [2.75, 3.05) is 24.9 Å². The van der Waals surface area contributed by atoms with Gasteiger partial charge in [0.25, 0.3) is 5.91 Å². The van der Waals surface area contributed by atoms with Gasteiger partial charge in [-0.3, -0.25) is 4.79 Å². The highest BCUT2D eigenvalue weighted by Gasteiger charge is 2.10. The Labute approximate surface area is 161 Å². The van der Waals surface area contributed by atoms with Gasteiger partial charge in [0.05, 0.1) is 38.2 Å². The van der Waals surface area contributed by atoms with Crippen molar-refractivity contribution < 1.29 is 14.3 Å². The molecule has 1 aromatic heterocycles. The maximum absolute atomic E-state index is 12.3. The van der Waals surface area contributed by atoms with Crippen LogP contribution in [0.4, 0.5) is 17.2 Å². The summed E-state index contributed by atoms with van der Waals surface area (Å²) in [6.45, 7) is 0. The third-order valence-corrected chi connectivity index (χ3v) is 3.81. The lowest BCUT2D eigenvalue weighted by Crippen LogP contribution is -2.14. The number of hydrogen-bond donors (Lipinski definition) is 2. The number of carbonyl (C=O) groups excluding carboxylic acids is 1. The van der Waals surface area contributed by atoms with Gasteiger partial charge in [-0.25, -0.2) is 9.97 Å². The van der Waals surface area contributed by atoms with Crippen LogP contribution in [0.15, 0.2) is 54.9 Å². The standard InChI is InChI=1S/C20H17N5O3/c1-27-17-8-7-15(9-18(17)28-2)24-19-12-22-16(11-23-19)20(26)25-14-5-3-13(10-21)4-6-14/h3-9,11-12H,1-2H3,(H,23,24)(H,25,26). The summed E-state index contributed by atoms with van der Waals surface area (Å²) in [5.41, 5.74) is 1.99. The van der Waals surface area contributed by atoms with E-state index in [-0.39, 0.29) is 5.69 Å². The Balaban J connectivity index is 1.67. The average Bonchev–Trinajstić information content (AvgIpc) is 2.74. The molecule has 1 heterocycles. The number of nitrogens with zero attached hydrogens (tertiary/aromatic N) is 3. The van der Waals surface area contributed by atoms with Crippen molar-refractivity contribution in [3.05, 3.63) is 66.1 Å². The number of methoxy groups -OCH3 is 2. The van der Waals surface area contributed by atoms with E-state index >= 15 is 0 Å². The first-order chi connectivity index (χ1) is 13.6. The molecule has 2 aromatic carbocycles. The molecule has 28 heavy (non-hydrogen) atoms. The normalized spacial score (nSPS) is 9.89. The second-order valence-corrected chi connectivity index (χ2v) is 5.62. The molecule has 2 N–H and O–H groups in total. The Kier molecular flexibility index (Phi) is 5.67. The van der Waals surface area contributed by atoms with E-state index < -0.39 is 5.91 Å². The van der Waals surface area contributed by atoms with E-state index in [4.69, 9.17) is 14.7 Å². The highest BCUT2D eigenvalue weighted by atomic mass is 16.5. The monoisotopic (exact) mass is 375 g/mol. The van der Waals surface area contributed by atoms with Crippen molar-refractivity contribution in [2.45, 2.75) is 0 Å². The van der Waals surface area contributed by atoms with Crippen LogP contribution in [0.2, 0.25) is 0 Å². The SMILES string of the molecule is COc1ccc(Nc2cnc(C(=O)Nc3ccc(C#N)cc3)cn2)cc1OC. The molecule has 140 valence electrons. The largest absolute Gasteiger partial charge is 0.493 e. The Morgan fingerprint density at radius 1 is 0.964 bits per heavy atom. The maximum atomic E-state index is 12.3. The first-order valence-electron chi connectivity index (χ1n) is 8.25. The second kappa shape index (κ2) is 8.51. The summed E-state index contributed by atoms with van der Waals surface area (Å²) >= 11 is 0. The van der Waals surface area contributed by atoms with Crippen LogP contribution in [0.3, 0.4) is 0 Å². The molecule has 0 spiro atoms. The smallest absolute Gasteiger partial charge is 0.275 e. The van der Waals surface area contributed by atoms with Gasteiger partial charge < -0.3 is 20.1 Å². The highest BCUT2D eigenvalue weighted by Crippen LogP contribution is 2.30. The van der Waals surface area contributed by atoms with Crippen molar-refractivity contribution in [3.63, 3.8) is 0 Å². The van der Waals surface area contributed by atoms with E-state index in [9.17, 15) is 4.79 Å². The Hall–Kier alpha value is -4.12. The van der Waals surface area contributed by atoms with Crippen LogP contribution in [-0.4, -0.2) is 30.1 Å². The highest BCUT2D eigenvalue weighted by molar-refractivity contribution is 6.02. The zero-order chi connectivity index (χ0) is 19.9. The average molecular weight is 375 g/mol. The van der Waals surface area contributed by atoms with Crippen molar-refractivity contribution in [2.24, 2.45) is 0 Å². The summed E-state index contributed by atoms with van der Waals surface area (Å²) in [7, 11) is 3.13. The molecule has 0 aliphatic heterocycles. The molecule has 3 rings (SSSR count). The van der Waals surface area contributed by atoms with E-state index in [0.717, 1.165) is 5.69 Å². The number of nitriles is 1. The van der Waals surface area contributed by atoms with E-state index in [1.54, 1.807) is 50.6 Å². The van der Waals surface area contributed by atoms with Gasteiger partial charge in [0.2, 0.25) is 0 Å². The fraction of sp³-hybridized carbons (Fsp3) is 0.100. The molecule has 8 heteroatoms. The quantitative estimate of drug-likeness (QED) is 0.680. The van der Waals surface area contributed by atoms with Crippen LogP contribution >= 0.6 is 0 Å². The van der Waals surface area contributed by atoms with Crippen LogP contribution in [0, 0.1) is 11.3 Å². The zero-order valence-electron chi connectivity index (χ0n) is 15.3. The van der Waals surface area contributed by atoms with Crippen molar-refractivity contribution in [1.82, 2.24) is 9.97 Å². The van der Waals surface area contributed by atoms with E-state index in [1.807, 2.05) is 12.1 Å². The van der Waals surface area contributed by atoms with Gasteiger partial charge in [0.1, 0.15) is 11.5 Å². The number of amides is 1. The number of rotatable bonds is 6. The molecule has 0 unspecified atom stereocenters. The lowest BCUT2D eigenvalue weighted by atomic mass is 10.2. The minimum Gasteiger partial charge on any atom is -0.493 e. The molecular formula is C20H17N5O3. The predicted octanol–water partition coefficient (Wildman–Crippen LogP) is 3.36.